The van der Waals surface area contributed by atoms with Gasteiger partial charge in [-0.1, -0.05) is 20.8 Å². The Morgan fingerprint density at radius 2 is 0.933 bits per heavy atom. The van der Waals surface area contributed by atoms with Gasteiger partial charge in [0.05, 0.1) is 51.8 Å². The molecule has 0 aromatic rings. The van der Waals surface area contributed by atoms with Gasteiger partial charge in [0.1, 0.15) is 11.6 Å². The maximum absolute atomic E-state index is 12.3. The maximum atomic E-state index is 12.3. The summed E-state index contributed by atoms with van der Waals surface area (Å²) in [4.78, 5) is 36.9. The van der Waals surface area contributed by atoms with E-state index in [0.717, 1.165) is 19.3 Å². The first-order valence-corrected chi connectivity index (χ1v) is 17.1. The summed E-state index contributed by atoms with van der Waals surface area (Å²) in [6.45, 7) is 18.0. The molecule has 0 bridgehead atoms. The van der Waals surface area contributed by atoms with Crippen molar-refractivity contribution in [1.82, 2.24) is 10.6 Å². The van der Waals surface area contributed by atoms with Crippen molar-refractivity contribution in [2.45, 2.75) is 117 Å². The second-order valence-corrected chi connectivity index (χ2v) is 12.5. The number of ether oxygens (including phenoxy) is 6. The van der Waals surface area contributed by atoms with E-state index >= 15 is 0 Å². The van der Waals surface area contributed by atoms with Crippen molar-refractivity contribution in [2.75, 3.05) is 85.8 Å². The van der Waals surface area contributed by atoms with Crippen LogP contribution in [0.25, 0.3) is 0 Å². The summed E-state index contributed by atoms with van der Waals surface area (Å²) < 4.78 is 34.4. The van der Waals surface area contributed by atoms with Gasteiger partial charge in [-0.2, -0.15) is 0 Å². The van der Waals surface area contributed by atoms with Crippen molar-refractivity contribution < 1.29 is 42.8 Å². The van der Waals surface area contributed by atoms with Gasteiger partial charge < -0.3 is 39.1 Å². The molecule has 0 heterocycles. The topological polar surface area (TPSA) is 131 Å². The van der Waals surface area contributed by atoms with Gasteiger partial charge in [0, 0.05) is 77.2 Å². The van der Waals surface area contributed by atoms with Crippen LogP contribution in [-0.2, 0) is 42.8 Å². The molecule has 0 saturated carbocycles. The molecule has 0 rings (SSSR count). The summed E-state index contributed by atoms with van der Waals surface area (Å²) in [6.07, 6.45) is 6.08. The number of nitrogens with one attached hydrogen (secondary N) is 2. The van der Waals surface area contributed by atoms with Crippen LogP contribution in [0.3, 0.4) is 0 Å². The van der Waals surface area contributed by atoms with Crippen LogP contribution in [0.4, 0.5) is 0 Å². The molecule has 0 atom stereocenters. The van der Waals surface area contributed by atoms with Gasteiger partial charge in [-0.15, -0.1) is 0 Å². The van der Waals surface area contributed by atoms with E-state index < -0.39 is 5.54 Å². The number of carbonyl (C=O) groups excluding carboxylic acids is 3. The highest BCUT2D eigenvalue weighted by atomic mass is 16.5. The third-order valence-electron chi connectivity index (χ3n) is 6.40. The zero-order chi connectivity index (χ0) is 33.7. The van der Waals surface area contributed by atoms with Crippen molar-refractivity contribution in [3.63, 3.8) is 0 Å². The van der Waals surface area contributed by atoms with E-state index in [-0.39, 0.29) is 69.1 Å². The number of rotatable bonds is 33. The largest absolute Gasteiger partial charge is 0.381 e. The lowest BCUT2D eigenvalue weighted by atomic mass is 9.97. The second kappa shape index (κ2) is 28.7. The average molecular weight is 647 g/mol. The molecule has 266 valence electrons. The van der Waals surface area contributed by atoms with Crippen molar-refractivity contribution in [3.8, 4) is 0 Å². The van der Waals surface area contributed by atoms with Gasteiger partial charge in [-0.05, 0) is 52.9 Å². The van der Waals surface area contributed by atoms with E-state index in [4.69, 9.17) is 28.4 Å². The Labute approximate surface area is 273 Å². The van der Waals surface area contributed by atoms with Gasteiger partial charge in [-0.3, -0.25) is 14.4 Å². The molecule has 0 aliphatic heterocycles. The minimum atomic E-state index is -0.753. The highest BCUT2D eigenvalue weighted by Crippen LogP contribution is 2.16. The van der Waals surface area contributed by atoms with E-state index in [1.165, 1.54) is 0 Å². The first-order chi connectivity index (χ1) is 21.6. The lowest BCUT2D eigenvalue weighted by Gasteiger charge is -2.40. The first-order valence-electron chi connectivity index (χ1n) is 17.1. The van der Waals surface area contributed by atoms with Crippen LogP contribution < -0.4 is 10.6 Å². The number of hydrogen-bond donors (Lipinski definition) is 2. The molecule has 1 amide bonds. The third-order valence-corrected chi connectivity index (χ3v) is 6.40. The smallest absolute Gasteiger partial charge is 0.222 e. The normalized spacial score (nSPS) is 12.0. The monoisotopic (exact) mass is 646 g/mol. The fourth-order valence-electron chi connectivity index (χ4n) is 4.45. The van der Waals surface area contributed by atoms with Gasteiger partial charge >= 0.3 is 0 Å². The minimum Gasteiger partial charge on any atom is -0.381 e. The molecule has 45 heavy (non-hydrogen) atoms. The Morgan fingerprint density at radius 3 is 1.36 bits per heavy atom. The molecular weight excluding hydrogens is 580 g/mol. The fourth-order valence-corrected chi connectivity index (χ4v) is 4.45. The molecule has 0 spiro atoms. The van der Waals surface area contributed by atoms with E-state index in [1.54, 1.807) is 0 Å². The number of hydrogen-bond acceptors (Lipinski definition) is 10. The Bertz CT molecular complexity index is 660. The zero-order valence-corrected chi connectivity index (χ0v) is 29.4. The molecule has 0 aliphatic rings. The molecule has 0 aromatic heterocycles. The van der Waals surface area contributed by atoms with Crippen molar-refractivity contribution in [3.05, 3.63) is 0 Å². The Balaban J connectivity index is 5.02. The summed E-state index contributed by atoms with van der Waals surface area (Å²) in [6, 6.07) is 0. The molecule has 2 N–H and O–H groups in total. The van der Waals surface area contributed by atoms with E-state index in [9.17, 15) is 14.4 Å². The van der Waals surface area contributed by atoms with E-state index in [2.05, 4.69) is 24.5 Å². The SMILES string of the molecule is CCCOCCCC(=O)CCOCC(COCCC(=O)CCCOCCC)(COCCC(=O)NCCOCCC)NC(C)(C)C. The van der Waals surface area contributed by atoms with Gasteiger partial charge in [0.15, 0.2) is 0 Å². The lowest BCUT2D eigenvalue weighted by molar-refractivity contribution is -0.123. The first kappa shape index (κ1) is 43.5. The van der Waals surface area contributed by atoms with Crippen LogP contribution in [0.1, 0.15) is 106 Å². The Hall–Kier alpha value is -1.47. The molecule has 0 radical (unpaired) electrons. The second-order valence-electron chi connectivity index (χ2n) is 12.5. The number of amides is 1. The van der Waals surface area contributed by atoms with Crippen molar-refractivity contribution in [2.24, 2.45) is 0 Å². The molecular formula is C34H66N2O9. The van der Waals surface area contributed by atoms with Crippen LogP contribution in [-0.4, -0.2) is 114 Å². The summed E-state index contributed by atoms with van der Waals surface area (Å²) in [5.74, 6) is 0.178. The molecule has 11 heteroatoms. The van der Waals surface area contributed by atoms with E-state index in [1.807, 2.05) is 27.7 Å². The van der Waals surface area contributed by atoms with Gasteiger partial charge in [-0.25, -0.2) is 0 Å². The Morgan fingerprint density at radius 1 is 0.511 bits per heavy atom. The third kappa shape index (κ3) is 28.5. The standard InChI is InChI=1S/C34H66N2O9/c1-7-18-40-21-10-12-30(37)14-23-43-27-34(36-33(4,5)6,28-44-24-15-31(38)13-11-22-41-19-8-2)29-45-25-16-32(39)35-17-26-42-20-9-3/h36H,7-29H2,1-6H3,(H,35,39). The van der Waals surface area contributed by atoms with Crippen molar-refractivity contribution >= 4 is 17.5 Å². The molecule has 0 unspecified atom stereocenters. The molecule has 11 nitrogen and oxygen atoms in total. The summed E-state index contributed by atoms with van der Waals surface area (Å²) in [5, 5.41) is 6.44. The van der Waals surface area contributed by atoms with Crippen LogP contribution in [0.2, 0.25) is 0 Å². The maximum Gasteiger partial charge on any atom is 0.222 e. The van der Waals surface area contributed by atoms with Crippen LogP contribution >= 0.6 is 0 Å². The Kier molecular flexibility index (Phi) is 27.8. The van der Waals surface area contributed by atoms with Crippen LogP contribution in [0.15, 0.2) is 0 Å². The summed E-state index contributed by atoms with van der Waals surface area (Å²) in [5.41, 5.74) is -1.06. The summed E-state index contributed by atoms with van der Waals surface area (Å²) in [7, 11) is 0. The highest BCUT2D eigenvalue weighted by Gasteiger charge is 2.35. The molecule has 0 fully saturated rings. The molecule has 0 aromatic carbocycles. The number of Topliss-reactive ketones (excluding diaryl/α,β-unsaturated/α-hetero) is 2. The molecule has 0 saturated heterocycles. The number of carbonyl (C=O) groups is 3. The fraction of sp³-hybridized carbons (Fsp3) is 0.912. The molecule has 0 aliphatic carbocycles. The predicted molar refractivity (Wildman–Crippen MR) is 177 cm³/mol. The lowest BCUT2D eigenvalue weighted by Crippen LogP contribution is -2.62. The number of ketones is 2. The van der Waals surface area contributed by atoms with E-state index in [0.29, 0.717) is 84.7 Å². The predicted octanol–water partition coefficient (Wildman–Crippen LogP) is 4.43. The zero-order valence-electron chi connectivity index (χ0n) is 29.4. The quantitative estimate of drug-likeness (QED) is 0.0988. The highest BCUT2D eigenvalue weighted by molar-refractivity contribution is 5.78. The summed E-state index contributed by atoms with van der Waals surface area (Å²) >= 11 is 0. The van der Waals surface area contributed by atoms with Crippen molar-refractivity contribution in [1.29, 1.82) is 0 Å². The van der Waals surface area contributed by atoms with Gasteiger partial charge in [0.25, 0.3) is 0 Å². The van der Waals surface area contributed by atoms with Gasteiger partial charge in [0.2, 0.25) is 5.91 Å². The van der Waals surface area contributed by atoms with Crippen LogP contribution in [0.5, 0.6) is 0 Å². The average Bonchev–Trinajstić information content (AvgIpc) is 2.98. The minimum absolute atomic E-state index is 0.103. The van der Waals surface area contributed by atoms with Crippen LogP contribution in [0, 0.1) is 0 Å².